The van der Waals surface area contributed by atoms with E-state index in [1.165, 1.54) is 6.21 Å². The fourth-order valence-electron chi connectivity index (χ4n) is 1.38. The predicted molar refractivity (Wildman–Crippen MR) is 71.4 cm³/mol. The summed E-state index contributed by atoms with van der Waals surface area (Å²) in [7, 11) is 0. The Bertz CT molecular complexity index is 553. The molecule has 0 radical (unpaired) electrons. The predicted octanol–water partition coefficient (Wildman–Crippen LogP) is 4.25. The third-order valence-electron chi connectivity index (χ3n) is 2.23. The summed E-state index contributed by atoms with van der Waals surface area (Å²) in [5.74, 6) is 0. The molecular weight excluding hydrogens is 257 g/mol. The largest absolute Gasteiger partial charge is 0.618 e. The highest BCUT2D eigenvalue weighted by molar-refractivity contribution is 6.36. The summed E-state index contributed by atoms with van der Waals surface area (Å²) in [6.45, 7) is 0. The van der Waals surface area contributed by atoms with E-state index in [1.54, 1.807) is 42.5 Å². The van der Waals surface area contributed by atoms with Crippen molar-refractivity contribution in [2.24, 2.45) is 0 Å². The summed E-state index contributed by atoms with van der Waals surface area (Å²) in [5, 5.41) is 12.8. The third kappa shape index (κ3) is 2.99. The zero-order valence-corrected chi connectivity index (χ0v) is 10.3. The van der Waals surface area contributed by atoms with Crippen LogP contribution in [0.3, 0.4) is 0 Å². The second-order valence-electron chi connectivity index (χ2n) is 3.46. The minimum absolute atomic E-state index is 0.453. The van der Waals surface area contributed by atoms with Gasteiger partial charge < -0.3 is 5.21 Å². The molecule has 2 aromatic rings. The molecule has 0 atom stereocenters. The zero-order valence-electron chi connectivity index (χ0n) is 8.81. The Kier molecular flexibility index (Phi) is 3.67. The summed E-state index contributed by atoms with van der Waals surface area (Å²) in [5.41, 5.74) is 1.19. The molecule has 0 aliphatic carbocycles. The average Bonchev–Trinajstić information content (AvgIpc) is 2.34. The van der Waals surface area contributed by atoms with Crippen LogP contribution in [0, 0.1) is 5.21 Å². The van der Waals surface area contributed by atoms with Crippen LogP contribution >= 0.6 is 23.2 Å². The van der Waals surface area contributed by atoms with E-state index in [-0.39, 0.29) is 0 Å². The van der Waals surface area contributed by atoms with Crippen LogP contribution in [0.4, 0.5) is 5.69 Å². The molecular formula is C13H9Cl2NO. The molecule has 2 nitrogen and oxygen atoms in total. The Balaban J connectivity index is 2.36. The minimum Gasteiger partial charge on any atom is -0.618 e. The van der Waals surface area contributed by atoms with E-state index in [4.69, 9.17) is 23.2 Å². The summed E-state index contributed by atoms with van der Waals surface area (Å²) in [4.78, 5) is 0. The molecule has 0 bridgehead atoms. The van der Waals surface area contributed by atoms with Crippen LogP contribution < -0.4 is 0 Å². The van der Waals surface area contributed by atoms with Gasteiger partial charge in [-0.3, -0.25) is 0 Å². The van der Waals surface area contributed by atoms with E-state index in [0.29, 0.717) is 21.3 Å². The molecule has 0 spiro atoms. The smallest absolute Gasteiger partial charge is 0.216 e. The fourth-order valence-corrected chi connectivity index (χ4v) is 1.84. The number of benzene rings is 2. The molecule has 2 aromatic carbocycles. The van der Waals surface area contributed by atoms with Crippen LogP contribution in [0.2, 0.25) is 10.0 Å². The van der Waals surface area contributed by atoms with Crippen molar-refractivity contribution in [3.05, 3.63) is 69.3 Å². The average molecular weight is 266 g/mol. The lowest BCUT2D eigenvalue weighted by atomic mass is 10.2. The van der Waals surface area contributed by atoms with Crippen LogP contribution in [-0.4, -0.2) is 11.0 Å². The maximum absolute atomic E-state index is 11.8. The van der Waals surface area contributed by atoms with Gasteiger partial charge in [-0.25, -0.2) is 0 Å². The van der Waals surface area contributed by atoms with Crippen molar-refractivity contribution >= 4 is 35.1 Å². The van der Waals surface area contributed by atoms with Gasteiger partial charge in [0.25, 0.3) is 0 Å². The molecule has 0 saturated heterocycles. The second kappa shape index (κ2) is 5.21. The molecule has 17 heavy (non-hydrogen) atoms. The number of halogens is 2. The minimum atomic E-state index is 0.453. The Hall–Kier alpha value is -1.51. The Labute approximate surface area is 109 Å². The molecule has 2 rings (SSSR count). The normalized spacial score (nSPS) is 11.5. The van der Waals surface area contributed by atoms with Gasteiger partial charge >= 0.3 is 0 Å². The quantitative estimate of drug-likeness (QED) is 0.345. The Morgan fingerprint density at radius 3 is 2.35 bits per heavy atom. The first-order valence-electron chi connectivity index (χ1n) is 4.98. The van der Waals surface area contributed by atoms with Crippen molar-refractivity contribution < 1.29 is 4.74 Å². The molecule has 0 saturated carbocycles. The first kappa shape index (κ1) is 12.0. The highest BCUT2D eigenvalue weighted by Gasteiger charge is 2.04. The standard InChI is InChI=1S/C13H9Cl2NO/c14-11-7-6-10(13(15)8-11)9-16(17)12-4-2-1-3-5-12/h1-9H. The lowest BCUT2D eigenvalue weighted by molar-refractivity contribution is -0.354. The van der Waals surface area contributed by atoms with Gasteiger partial charge in [0.1, 0.15) is 0 Å². The molecule has 0 aliphatic rings. The number of nitrogens with zero attached hydrogens (tertiary/aromatic N) is 1. The van der Waals surface area contributed by atoms with Crippen molar-refractivity contribution in [1.29, 1.82) is 0 Å². The maximum atomic E-state index is 11.8. The van der Waals surface area contributed by atoms with Gasteiger partial charge in [-0.1, -0.05) is 41.4 Å². The first-order chi connectivity index (χ1) is 8.16. The fraction of sp³-hybridized carbons (Fsp3) is 0. The van der Waals surface area contributed by atoms with Crippen LogP contribution in [0.15, 0.2) is 48.5 Å². The molecule has 0 heterocycles. The second-order valence-corrected chi connectivity index (χ2v) is 4.30. The molecule has 0 unspecified atom stereocenters. The van der Waals surface area contributed by atoms with E-state index in [0.717, 1.165) is 4.74 Å². The summed E-state index contributed by atoms with van der Waals surface area (Å²) < 4.78 is 0.773. The van der Waals surface area contributed by atoms with Gasteiger partial charge in [-0.05, 0) is 18.2 Å². The van der Waals surface area contributed by atoms with Gasteiger partial charge in [0.15, 0.2) is 6.21 Å². The Morgan fingerprint density at radius 2 is 1.71 bits per heavy atom. The molecule has 0 aromatic heterocycles. The van der Waals surface area contributed by atoms with Gasteiger partial charge in [0.2, 0.25) is 5.69 Å². The first-order valence-corrected chi connectivity index (χ1v) is 5.74. The van der Waals surface area contributed by atoms with E-state index in [2.05, 4.69) is 0 Å². The van der Waals surface area contributed by atoms with E-state index in [1.807, 2.05) is 6.07 Å². The molecule has 86 valence electrons. The maximum Gasteiger partial charge on any atom is 0.216 e. The summed E-state index contributed by atoms with van der Waals surface area (Å²) >= 11 is 11.8. The lowest BCUT2D eigenvalue weighted by Gasteiger charge is -2.03. The monoisotopic (exact) mass is 265 g/mol. The van der Waals surface area contributed by atoms with Gasteiger partial charge in [-0.15, -0.1) is 0 Å². The molecule has 0 amide bonds. The highest BCUT2D eigenvalue weighted by Crippen LogP contribution is 2.20. The van der Waals surface area contributed by atoms with Crippen LogP contribution in [-0.2, 0) is 0 Å². The summed E-state index contributed by atoms with van der Waals surface area (Å²) in [6.07, 6.45) is 1.42. The number of para-hydroxylation sites is 1. The molecule has 4 heteroatoms. The van der Waals surface area contributed by atoms with Gasteiger partial charge in [-0.2, -0.15) is 4.74 Å². The van der Waals surface area contributed by atoms with Gasteiger partial charge in [0.05, 0.1) is 10.6 Å². The zero-order chi connectivity index (χ0) is 12.3. The summed E-state index contributed by atoms with van der Waals surface area (Å²) in [6, 6.07) is 13.9. The SMILES string of the molecule is [O-][N+](=Cc1ccc(Cl)cc1Cl)c1ccccc1. The van der Waals surface area contributed by atoms with Crippen LogP contribution in [0.5, 0.6) is 0 Å². The van der Waals surface area contributed by atoms with Crippen molar-refractivity contribution in [2.75, 3.05) is 0 Å². The Morgan fingerprint density at radius 1 is 1.00 bits per heavy atom. The van der Waals surface area contributed by atoms with E-state index < -0.39 is 0 Å². The van der Waals surface area contributed by atoms with Gasteiger partial charge in [0, 0.05) is 17.2 Å². The van der Waals surface area contributed by atoms with Crippen LogP contribution in [0.1, 0.15) is 5.56 Å². The van der Waals surface area contributed by atoms with Crippen molar-refractivity contribution in [3.8, 4) is 0 Å². The lowest BCUT2D eigenvalue weighted by Crippen LogP contribution is -1.99. The van der Waals surface area contributed by atoms with E-state index in [9.17, 15) is 5.21 Å². The number of rotatable bonds is 2. The topological polar surface area (TPSA) is 26.1 Å². The molecule has 0 aliphatic heterocycles. The van der Waals surface area contributed by atoms with Crippen molar-refractivity contribution in [2.45, 2.75) is 0 Å². The molecule has 0 fully saturated rings. The number of hydrogen-bond donors (Lipinski definition) is 0. The highest BCUT2D eigenvalue weighted by atomic mass is 35.5. The molecule has 0 N–H and O–H groups in total. The third-order valence-corrected chi connectivity index (χ3v) is 2.79. The van der Waals surface area contributed by atoms with E-state index >= 15 is 0 Å². The van der Waals surface area contributed by atoms with Crippen molar-refractivity contribution in [3.63, 3.8) is 0 Å². The van der Waals surface area contributed by atoms with Crippen LogP contribution in [0.25, 0.3) is 0 Å². The van der Waals surface area contributed by atoms with Crippen molar-refractivity contribution in [1.82, 2.24) is 0 Å². The number of hydrogen-bond acceptors (Lipinski definition) is 1.